The van der Waals surface area contributed by atoms with Crippen LogP contribution in [0.5, 0.6) is 5.75 Å². The minimum atomic E-state index is -0.0825. The Morgan fingerprint density at radius 1 is 1.21 bits per heavy atom. The van der Waals surface area contributed by atoms with Crippen LogP contribution in [0.25, 0.3) is 6.08 Å². The first-order valence-electron chi connectivity index (χ1n) is 7.06. The fourth-order valence-electron chi connectivity index (χ4n) is 2.78. The van der Waals surface area contributed by atoms with Gasteiger partial charge in [0.2, 0.25) is 0 Å². The highest BCUT2D eigenvalue weighted by atomic mass is 16.5. The summed E-state index contributed by atoms with van der Waals surface area (Å²) in [6, 6.07) is 5.94. The van der Waals surface area contributed by atoms with Crippen LogP contribution >= 0.6 is 0 Å². The summed E-state index contributed by atoms with van der Waals surface area (Å²) in [5.41, 5.74) is 1.90. The molecule has 1 N–H and O–H groups in total. The minimum absolute atomic E-state index is 0.0825. The van der Waals surface area contributed by atoms with Crippen LogP contribution in [-0.4, -0.2) is 12.5 Å². The summed E-state index contributed by atoms with van der Waals surface area (Å²) >= 11 is 0. The zero-order chi connectivity index (χ0) is 13.1. The number of rotatable bonds is 2. The summed E-state index contributed by atoms with van der Waals surface area (Å²) in [5.74, 6) is 1.39. The molecule has 1 fully saturated rings. The zero-order valence-corrected chi connectivity index (χ0v) is 11.0. The van der Waals surface area contributed by atoms with Gasteiger partial charge in [-0.1, -0.05) is 37.5 Å². The van der Waals surface area contributed by atoms with Crippen LogP contribution in [0.1, 0.15) is 37.7 Å². The van der Waals surface area contributed by atoms with Gasteiger partial charge in [-0.3, -0.25) is 4.79 Å². The molecule has 0 unspecified atom stereocenters. The summed E-state index contributed by atoms with van der Waals surface area (Å²) in [6.07, 6.45) is 11.2. The average molecular weight is 257 g/mol. The van der Waals surface area contributed by atoms with E-state index in [0.29, 0.717) is 0 Å². The topological polar surface area (TPSA) is 38.3 Å². The van der Waals surface area contributed by atoms with Crippen molar-refractivity contribution < 1.29 is 9.53 Å². The van der Waals surface area contributed by atoms with Crippen LogP contribution in [-0.2, 0) is 4.79 Å². The molecule has 0 spiro atoms. The largest absolute Gasteiger partial charge is 0.482 e. The van der Waals surface area contributed by atoms with Gasteiger partial charge in [-0.25, -0.2) is 0 Å². The molecule has 0 bridgehead atoms. The number of nitrogens with one attached hydrogen (secondary N) is 1. The van der Waals surface area contributed by atoms with Crippen LogP contribution in [0.15, 0.2) is 24.3 Å². The fraction of sp³-hybridized carbons (Fsp3) is 0.438. The third-order valence-corrected chi connectivity index (χ3v) is 3.85. The van der Waals surface area contributed by atoms with Gasteiger partial charge in [-0.15, -0.1) is 0 Å². The van der Waals surface area contributed by atoms with Gasteiger partial charge >= 0.3 is 0 Å². The number of fused-ring (bicyclic) bond motifs is 1. The fourth-order valence-corrected chi connectivity index (χ4v) is 2.78. The molecule has 1 aromatic rings. The predicted octanol–water partition coefficient (Wildman–Crippen LogP) is 3.61. The van der Waals surface area contributed by atoms with E-state index in [-0.39, 0.29) is 12.5 Å². The maximum Gasteiger partial charge on any atom is 0.262 e. The van der Waals surface area contributed by atoms with E-state index in [0.717, 1.165) is 22.9 Å². The molecule has 0 radical (unpaired) electrons. The molecule has 3 nitrogen and oxygen atoms in total. The monoisotopic (exact) mass is 257 g/mol. The van der Waals surface area contributed by atoms with Gasteiger partial charge in [0, 0.05) is 0 Å². The van der Waals surface area contributed by atoms with E-state index in [9.17, 15) is 4.79 Å². The van der Waals surface area contributed by atoms with Crippen molar-refractivity contribution in [3.05, 3.63) is 29.8 Å². The Hall–Kier alpha value is -1.77. The predicted molar refractivity (Wildman–Crippen MR) is 76.2 cm³/mol. The van der Waals surface area contributed by atoms with Crippen molar-refractivity contribution in [1.82, 2.24) is 0 Å². The highest BCUT2D eigenvalue weighted by Gasteiger charge is 2.15. The number of benzene rings is 1. The summed E-state index contributed by atoms with van der Waals surface area (Å²) in [4.78, 5) is 11.3. The van der Waals surface area contributed by atoms with Crippen molar-refractivity contribution in [3.8, 4) is 5.75 Å². The highest BCUT2D eigenvalue weighted by Crippen LogP contribution is 2.30. The lowest BCUT2D eigenvalue weighted by Gasteiger charge is -2.19. The number of amides is 1. The Morgan fingerprint density at radius 3 is 2.89 bits per heavy atom. The number of hydrogen-bond acceptors (Lipinski definition) is 2. The first-order chi connectivity index (χ1) is 9.31. The summed E-state index contributed by atoms with van der Waals surface area (Å²) in [6.45, 7) is 0.115. The smallest absolute Gasteiger partial charge is 0.262 e. The quantitative estimate of drug-likeness (QED) is 0.879. The molecule has 100 valence electrons. The first-order valence-corrected chi connectivity index (χ1v) is 7.06. The lowest BCUT2D eigenvalue weighted by Crippen LogP contribution is -2.25. The second kappa shape index (κ2) is 5.47. The van der Waals surface area contributed by atoms with Crippen LogP contribution in [0.2, 0.25) is 0 Å². The molecule has 0 aromatic heterocycles. The van der Waals surface area contributed by atoms with E-state index in [1.165, 1.54) is 32.1 Å². The molecule has 1 heterocycles. The lowest BCUT2D eigenvalue weighted by atomic mass is 9.89. The maximum absolute atomic E-state index is 11.3. The second-order valence-electron chi connectivity index (χ2n) is 5.35. The number of anilines is 1. The number of carbonyl (C=O) groups excluding carboxylic acids is 1. The standard InChI is InChI=1S/C16H19NO2/c18-16-11-19-15-9-8-13(10-14(15)17-16)7-6-12-4-2-1-3-5-12/h6-10,12H,1-5,11H2,(H,17,18). The molecule has 0 atom stereocenters. The minimum Gasteiger partial charge on any atom is -0.482 e. The Balaban J connectivity index is 1.72. The van der Waals surface area contributed by atoms with Gasteiger partial charge in [0.15, 0.2) is 6.61 Å². The Kier molecular flexibility index (Phi) is 3.53. The number of ether oxygens (including phenoxy) is 1. The first kappa shape index (κ1) is 12.3. The van der Waals surface area contributed by atoms with E-state index >= 15 is 0 Å². The van der Waals surface area contributed by atoms with E-state index in [1.807, 2.05) is 18.2 Å². The molecular weight excluding hydrogens is 238 g/mol. The van der Waals surface area contributed by atoms with Crippen LogP contribution in [0.4, 0.5) is 5.69 Å². The third kappa shape index (κ3) is 2.98. The summed E-state index contributed by atoms with van der Waals surface area (Å²) in [5, 5.41) is 2.84. The summed E-state index contributed by atoms with van der Waals surface area (Å²) < 4.78 is 5.35. The van der Waals surface area contributed by atoms with Gasteiger partial charge in [0.1, 0.15) is 5.75 Å². The van der Waals surface area contributed by atoms with Crippen molar-refractivity contribution in [2.75, 3.05) is 11.9 Å². The van der Waals surface area contributed by atoms with Crippen LogP contribution < -0.4 is 10.1 Å². The Bertz CT molecular complexity index is 501. The Morgan fingerprint density at radius 2 is 2.05 bits per heavy atom. The number of hydrogen-bond donors (Lipinski definition) is 1. The molecular formula is C16H19NO2. The molecule has 3 rings (SSSR count). The van der Waals surface area contributed by atoms with E-state index in [4.69, 9.17) is 4.74 Å². The van der Waals surface area contributed by atoms with E-state index < -0.39 is 0 Å². The summed E-state index contributed by atoms with van der Waals surface area (Å²) in [7, 11) is 0. The van der Waals surface area contributed by atoms with Gasteiger partial charge in [0.05, 0.1) is 5.69 Å². The highest BCUT2D eigenvalue weighted by molar-refractivity contribution is 5.95. The molecule has 1 aromatic carbocycles. The molecule has 1 aliphatic heterocycles. The van der Waals surface area contributed by atoms with E-state index in [2.05, 4.69) is 17.5 Å². The maximum atomic E-state index is 11.3. The van der Waals surface area contributed by atoms with Crippen molar-refractivity contribution >= 4 is 17.7 Å². The normalized spacial score (nSPS) is 19.9. The lowest BCUT2D eigenvalue weighted by molar-refractivity contribution is -0.118. The molecule has 1 saturated carbocycles. The van der Waals surface area contributed by atoms with Crippen molar-refractivity contribution in [2.24, 2.45) is 5.92 Å². The van der Waals surface area contributed by atoms with Gasteiger partial charge in [0.25, 0.3) is 5.91 Å². The van der Waals surface area contributed by atoms with Gasteiger partial charge in [-0.2, -0.15) is 0 Å². The second-order valence-corrected chi connectivity index (χ2v) is 5.35. The number of allylic oxidation sites excluding steroid dienone is 1. The molecule has 1 aliphatic carbocycles. The molecule has 19 heavy (non-hydrogen) atoms. The van der Waals surface area contributed by atoms with Crippen molar-refractivity contribution in [3.63, 3.8) is 0 Å². The average Bonchev–Trinajstić information content (AvgIpc) is 2.46. The van der Waals surface area contributed by atoms with Gasteiger partial charge < -0.3 is 10.1 Å². The third-order valence-electron chi connectivity index (χ3n) is 3.85. The molecule has 0 saturated heterocycles. The van der Waals surface area contributed by atoms with Crippen molar-refractivity contribution in [1.29, 1.82) is 0 Å². The van der Waals surface area contributed by atoms with E-state index in [1.54, 1.807) is 0 Å². The van der Waals surface area contributed by atoms with Crippen LogP contribution in [0.3, 0.4) is 0 Å². The zero-order valence-electron chi connectivity index (χ0n) is 11.0. The number of carbonyl (C=O) groups is 1. The van der Waals surface area contributed by atoms with Gasteiger partial charge in [-0.05, 0) is 36.5 Å². The molecule has 3 heteroatoms. The molecule has 1 amide bonds. The SMILES string of the molecule is O=C1COc2ccc(C=CC3CCCCC3)cc2N1. The van der Waals surface area contributed by atoms with Crippen LogP contribution in [0, 0.1) is 5.92 Å². The molecule has 2 aliphatic rings. The van der Waals surface area contributed by atoms with Crippen molar-refractivity contribution in [2.45, 2.75) is 32.1 Å². The Labute approximate surface area is 113 Å².